The predicted molar refractivity (Wildman–Crippen MR) is 129 cm³/mol. The van der Waals surface area contributed by atoms with E-state index in [2.05, 4.69) is 24.9 Å². The van der Waals surface area contributed by atoms with Gasteiger partial charge in [0.15, 0.2) is 17.5 Å². The van der Waals surface area contributed by atoms with E-state index in [-0.39, 0.29) is 17.5 Å². The number of aromatic nitrogens is 3. The first-order chi connectivity index (χ1) is 14.9. The second kappa shape index (κ2) is 10.1. The first-order valence-corrected chi connectivity index (χ1v) is 11.0. The predicted octanol–water partition coefficient (Wildman–Crippen LogP) is 6.76. The number of hydrogen-bond donors (Lipinski definition) is 0. The Balaban J connectivity index is 1.89. The summed E-state index contributed by atoms with van der Waals surface area (Å²) in [7, 11) is 0. The Morgan fingerprint density at radius 3 is 1.66 bits per heavy atom. The highest BCUT2D eigenvalue weighted by atomic mass is 35.6. The molecule has 0 aliphatic carbocycles. The molecule has 0 atom stereocenters. The van der Waals surface area contributed by atoms with Crippen LogP contribution in [-0.4, -0.2) is 27.1 Å². The van der Waals surface area contributed by atoms with E-state index >= 15 is 0 Å². The molecule has 6 nitrogen and oxygen atoms in total. The summed E-state index contributed by atoms with van der Waals surface area (Å²) >= 11 is 35.5. The van der Waals surface area contributed by atoms with E-state index in [1.165, 1.54) is 13.1 Å². The number of benzene rings is 2. The summed E-state index contributed by atoms with van der Waals surface area (Å²) in [5.41, 5.74) is 3.25. The van der Waals surface area contributed by atoms with Gasteiger partial charge in [-0.15, -0.1) is 0 Å². The molecule has 2 aromatic carbocycles. The first-order valence-electron chi connectivity index (χ1n) is 8.76. The number of alkyl halides is 6. The van der Waals surface area contributed by atoms with Crippen molar-refractivity contribution in [1.82, 2.24) is 15.0 Å². The smallest absolute Gasteiger partial charge is 0.319 e. The van der Waals surface area contributed by atoms with Crippen LogP contribution in [0.15, 0.2) is 53.7 Å². The lowest BCUT2D eigenvalue weighted by atomic mass is 10.0. The lowest BCUT2D eigenvalue weighted by Gasteiger charge is -2.15. The molecule has 0 amide bonds. The summed E-state index contributed by atoms with van der Waals surface area (Å²) in [6.07, 6.45) is 1.44. The van der Waals surface area contributed by atoms with Gasteiger partial charge >= 0.3 is 5.97 Å². The second-order valence-electron chi connectivity index (χ2n) is 6.32. The van der Waals surface area contributed by atoms with E-state index in [0.717, 1.165) is 16.7 Å². The van der Waals surface area contributed by atoms with Crippen molar-refractivity contribution in [3.8, 4) is 22.5 Å². The highest BCUT2D eigenvalue weighted by molar-refractivity contribution is 6.67. The minimum atomic E-state index is -1.93. The van der Waals surface area contributed by atoms with Gasteiger partial charge in [-0.2, -0.15) is 0 Å². The van der Waals surface area contributed by atoms with Crippen molar-refractivity contribution in [3.05, 3.63) is 65.7 Å². The van der Waals surface area contributed by atoms with E-state index in [9.17, 15) is 4.79 Å². The Kier molecular flexibility index (Phi) is 7.86. The van der Waals surface area contributed by atoms with E-state index in [1.807, 2.05) is 36.4 Å². The van der Waals surface area contributed by atoms with Crippen molar-refractivity contribution in [2.45, 2.75) is 14.5 Å². The molecule has 0 unspecified atom stereocenters. The van der Waals surface area contributed by atoms with E-state index in [4.69, 9.17) is 69.6 Å². The lowest BCUT2D eigenvalue weighted by Crippen LogP contribution is -2.16. The van der Waals surface area contributed by atoms with Gasteiger partial charge in [-0.05, 0) is 16.7 Å². The molecule has 0 fully saturated rings. The number of rotatable bonds is 4. The number of halogens is 6. The zero-order valence-corrected chi connectivity index (χ0v) is 20.6. The minimum absolute atomic E-state index is 0.163. The topological polar surface area (TPSA) is 77.3 Å². The Morgan fingerprint density at radius 2 is 1.22 bits per heavy atom. The maximum atomic E-state index is 10.8. The molecule has 1 heterocycles. The standard InChI is InChI=1S/C20H12Cl6N4O2/c1-11(31)32-27-10-12-2-4-13(5-3-12)14-6-8-15(9-7-14)16-28-17(19(21,22)23)30-18(29-16)20(24,25)26/h2-10H,1H3/b27-10+. The van der Waals surface area contributed by atoms with Gasteiger partial charge < -0.3 is 4.84 Å². The van der Waals surface area contributed by atoms with Gasteiger partial charge in [0, 0.05) is 12.5 Å². The molecule has 0 aliphatic rings. The molecule has 3 rings (SSSR count). The highest BCUT2D eigenvalue weighted by Crippen LogP contribution is 2.40. The van der Waals surface area contributed by atoms with Crippen LogP contribution >= 0.6 is 69.6 Å². The van der Waals surface area contributed by atoms with Crippen LogP contribution in [-0.2, 0) is 17.2 Å². The summed E-state index contributed by atoms with van der Waals surface area (Å²) in [6, 6.07) is 14.8. The molecule has 0 saturated heterocycles. The molecule has 0 aliphatic heterocycles. The van der Waals surface area contributed by atoms with Crippen LogP contribution in [0, 0.1) is 0 Å². The molecule has 0 radical (unpaired) electrons. The fourth-order valence-corrected chi connectivity index (χ4v) is 3.00. The quantitative estimate of drug-likeness (QED) is 0.155. The number of hydrogen-bond acceptors (Lipinski definition) is 6. The molecule has 166 valence electrons. The van der Waals surface area contributed by atoms with Crippen LogP contribution in [0.4, 0.5) is 0 Å². The molecule has 32 heavy (non-hydrogen) atoms. The summed E-state index contributed by atoms with van der Waals surface area (Å²) in [6.45, 7) is 1.28. The molecular formula is C20H12Cl6N4O2. The van der Waals surface area contributed by atoms with Crippen molar-refractivity contribution in [2.75, 3.05) is 0 Å². The molecule has 0 spiro atoms. The summed E-state index contributed by atoms with van der Waals surface area (Å²) in [5.74, 6) is -0.628. The molecule has 3 aromatic rings. The highest BCUT2D eigenvalue weighted by Gasteiger charge is 2.34. The Hall–Kier alpha value is -1.67. The summed E-state index contributed by atoms with van der Waals surface area (Å²) < 4.78 is -3.86. The molecular weight excluding hydrogens is 541 g/mol. The second-order valence-corrected chi connectivity index (χ2v) is 10.9. The Bertz CT molecular complexity index is 1110. The number of oxime groups is 1. The third kappa shape index (κ3) is 6.67. The van der Waals surface area contributed by atoms with Crippen molar-refractivity contribution in [2.24, 2.45) is 5.16 Å². The summed E-state index contributed by atoms with van der Waals surface area (Å²) in [5, 5.41) is 3.59. The van der Waals surface area contributed by atoms with Crippen molar-refractivity contribution in [3.63, 3.8) is 0 Å². The number of carbonyl (C=O) groups excluding carboxylic acids is 1. The third-order valence-corrected chi connectivity index (χ3v) is 4.93. The fraction of sp³-hybridized carbons (Fsp3) is 0.150. The Morgan fingerprint density at radius 1 is 0.781 bits per heavy atom. The van der Waals surface area contributed by atoms with E-state index < -0.39 is 13.6 Å². The van der Waals surface area contributed by atoms with Gasteiger partial charge in [0.2, 0.25) is 7.59 Å². The van der Waals surface area contributed by atoms with Gasteiger partial charge in [-0.3, -0.25) is 0 Å². The third-order valence-electron chi connectivity index (χ3n) is 3.91. The number of nitrogens with zero attached hydrogens (tertiary/aromatic N) is 4. The maximum Gasteiger partial charge on any atom is 0.331 e. The van der Waals surface area contributed by atoms with E-state index in [0.29, 0.717) is 5.56 Å². The van der Waals surface area contributed by atoms with Crippen molar-refractivity contribution in [1.29, 1.82) is 0 Å². The molecule has 1 aromatic heterocycles. The van der Waals surface area contributed by atoms with Gasteiger partial charge in [0.25, 0.3) is 0 Å². The summed E-state index contributed by atoms with van der Waals surface area (Å²) in [4.78, 5) is 27.6. The minimum Gasteiger partial charge on any atom is -0.319 e. The van der Waals surface area contributed by atoms with Crippen LogP contribution in [0.1, 0.15) is 24.1 Å². The van der Waals surface area contributed by atoms with Crippen LogP contribution in [0.25, 0.3) is 22.5 Å². The largest absolute Gasteiger partial charge is 0.331 e. The van der Waals surface area contributed by atoms with Gasteiger partial charge in [-0.1, -0.05) is 123 Å². The Labute approximate surface area is 213 Å². The normalized spacial score (nSPS) is 12.2. The van der Waals surface area contributed by atoms with Gasteiger partial charge in [0.05, 0.1) is 6.21 Å². The average molecular weight is 553 g/mol. The van der Waals surface area contributed by atoms with Crippen molar-refractivity contribution >= 4 is 81.8 Å². The monoisotopic (exact) mass is 550 g/mol. The SMILES string of the molecule is CC(=O)O/N=C/c1ccc(-c2ccc(-c3nc(C(Cl)(Cl)Cl)nc(C(Cl)(Cl)Cl)n3)cc2)cc1. The molecule has 12 heteroatoms. The number of carbonyl (C=O) groups is 1. The van der Waals surface area contributed by atoms with Gasteiger partial charge in [0.1, 0.15) is 0 Å². The van der Waals surface area contributed by atoms with Crippen LogP contribution in [0.3, 0.4) is 0 Å². The van der Waals surface area contributed by atoms with Gasteiger partial charge in [-0.25, -0.2) is 19.7 Å². The first kappa shape index (κ1) is 25.0. The average Bonchev–Trinajstić information content (AvgIpc) is 2.72. The zero-order chi connectivity index (χ0) is 23.5. The molecule has 0 saturated carbocycles. The fourth-order valence-electron chi connectivity index (χ4n) is 2.49. The maximum absolute atomic E-state index is 10.8. The van der Waals surface area contributed by atoms with Crippen LogP contribution in [0.2, 0.25) is 0 Å². The van der Waals surface area contributed by atoms with Crippen LogP contribution < -0.4 is 0 Å². The molecule has 0 bridgehead atoms. The van der Waals surface area contributed by atoms with Crippen LogP contribution in [0.5, 0.6) is 0 Å². The van der Waals surface area contributed by atoms with Crippen molar-refractivity contribution < 1.29 is 9.63 Å². The van der Waals surface area contributed by atoms with E-state index in [1.54, 1.807) is 12.1 Å². The zero-order valence-electron chi connectivity index (χ0n) is 16.1. The lowest BCUT2D eigenvalue weighted by molar-refractivity contribution is -0.140. The molecule has 0 N–H and O–H groups in total.